The van der Waals surface area contributed by atoms with Crippen LogP contribution in [0.25, 0.3) is 0 Å². The Morgan fingerprint density at radius 1 is 1.33 bits per heavy atom. The topological polar surface area (TPSA) is 53.2 Å². The fraction of sp³-hybridized carbons (Fsp3) is 0.364. The van der Waals surface area contributed by atoms with Crippen LogP contribution in [-0.2, 0) is 4.74 Å². The first-order valence-electron chi connectivity index (χ1n) is 4.70. The summed E-state index contributed by atoms with van der Waals surface area (Å²) in [4.78, 5) is 0. The van der Waals surface area contributed by atoms with Gasteiger partial charge in [-0.3, -0.25) is 0 Å². The summed E-state index contributed by atoms with van der Waals surface area (Å²) in [5.41, 5.74) is 0.447. The molecular weight excluding hydrogens is 214 g/mol. The molecule has 1 aliphatic heterocycles. The van der Waals surface area contributed by atoms with E-state index in [-0.39, 0.29) is 10.8 Å². The fourth-order valence-electron chi connectivity index (χ4n) is 1.09. The van der Waals surface area contributed by atoms with Gasteiger partial charge < -0.3 is 9.84 Å². The van der Waals surface area contributed by atoms with E-state index in [9.17, 15) is 0 Å². The van der Waals surface area contributed by atoms with Gasteiger partial charge in [-0.05, 0) is 31.0 Å². The molecular formula is C11H12ClNO2. The van der Waals surface area contributed by atoms with Gasteiger partial charge in [-0.25, -0.2) is 0 Å². The lowest BCUT2D eigenvalue weighted by Gasteiger charge is -1.93. The van der Waals surface area contributed by atoms with E-state index in [0.29, 0.717) is 5.56 Å². The molecule has 0 unspecified atom stereocenters. The number of phenols is 1. The molecule has 4 heteroatoms. The zero-order valence-corrected chi connectivity index (χ0v) is 9.00. The second-order valence-corrected chi connectivity index (χ2v) is 3.50. The van der Waals surface area contributed by atoms with Crippen LogP contribution in [0.1, 0.15) is 18.4 Å². The summed E-state index contributed by atoms with van der Waals surface area (Å²) in [7, 11) is 0. The van der Waals surface area contributed by atoms with Gasteiger partial charge in [0.1, 0.15) is 5.75 Å². The Bertz CT molecular complexity index is 348. The van der Waals surface area contributed by atoms with Crippen molar-refractivity contribution < 1.29 is 9.84 Å². The first-order valence-corrected chi connectivity index (χ1v) is 5.08. The summed E-state index contributed by atoms with van der Waals surface area (Å²) in [6.07, 6.45) is 2.56. The van der Waals surface area contributed by atoms with Crippen LogP contribution < -0.4 is 0 Å². The first kappa shape index (κ1) is 11.8. The first-order chi connectivity index (χ1) is 7.24. The highest BCUT2D eigenvalue weighted by Crippen LogP contribution is 2.22. The third-order valence-corrected chi connectivity index (χ3v) is 2.21. The van der Waals surface area contributed by atoms with Gasteiger partial charge in [0.15, 0.2) is 0 Å². The summed E-state index contributed by atoms with van der Waals surface area (Å²) < 4.78 is 4.94. The molecule has 1 saturated heterocycles. The van der Waals surface area contributed by atoms with E-state index >= 15 is 0 Å². The van der Waals surface area contributed by atoms with Crippen LogP contribution in [0.5, 0.6) is 5.75 Å². The summed E-state index contributed by atoms with van der Waals surface area (Å²) in [6, 6.07) is 6.20. The Hall–Kier alpha value is -1.24. The zero-order valence-electron chi connectivity index (χ0n) is 8.24. The maximum atomic E-state index is 8.90. The predicted molar refractivity (Wildman–Crippen MR) is 57.9 cm³/mol. The highest BCUT2D eigenvalue weighted by Gasteiger charge is 1.97. The van der Waals surface area contributed by atoms with Crippen molar-refractivity contribution in [2.24, 2.45) is 0 Å². The van der Waals surface area contributed by atoms with Crippen molar-refractivity contribution in [2.75, 3.05) is 13.2 Å². The molecule has 0 aromatic heterocycles. The Morgan fingerprint density at radius 3 is 2.40 bits per heavy atom. The monoisotopic (exact) mass is 225 g/mol. The Morgan fingerprint density at radius 2 is 2.00 bits per heavy atom. The average Bonchev–Trinajstić information content (AvgIpc) is 2.80. The van der Waals surface area contributed by atoms with E-state index in [4.69, 9.17) is 26.7 Å². The number of rotatable bonds is 0. The highest BCUT2D eigenvalue weighted by atomic mass is 35.5. The molecule has 1 aromatic carbocycles. The van der Waals surface area contributed by atoms with E-state index in [1.54, 1.807) is 0 Å². The molecule has 0 spiro atoms. The third-order valence-electron chi connectivity index (χ3n) is 1.90. The number of phenolic OH excluding ortho intramolecular Hbond substituents is 1. The van der Waals surface area contributed by atoms with Crippen LogP contribution in [0.15, 0.2) is 18.2 Å². The minimum atomic E-state index is 0.000617. The molecule has 0 amide bonds. The van der Waals surface area contributed by atoms with Gasteiger partial charge in [-0.2, -0.15) is 5.26 Å². The molecule has 1 aromatic rings. The number of hydrogen-bond acceptors (Lipinski definition) is 3. The molecule has 2 rings (SSSR count). The maximum absolute atomic E-state index is 8.90. The van der Waals surface area contributed by atoms with Gasteiger partial charge in [0.05, 0.1) is 16.7 Å². The molecule has 1 aliphatic rings. The van der Waals surface area contributed by atoms with Gasteiger partial charge >= 0.3 is 0 Å². The second-order valence-electron chi connectivity index (χ2n) is 3.10. The van der Waals surface area contributed by atoms with Gasteiger partial charge in [0.2, 0.25) is 0 Å². The molecule has 0 saturated carbocycles. The molecule has 1 heterocycles. The lowest BCUT2D eigenvalue weighted by molar-refractivity contribution is 0.198. The van der Waals surface area contributed by atoms with Crippen LogP contribution in [-0.4, -0.2) is 18.3 Å². The Labute approximate surface area is 93.9 Å². The largest absolute Gasteiger partial charge is 0.506 e. The number of ether oxygens (including phenoxy) is 1. The second kappa shape index (κ2) is 6.28. The van der Waals surface area contributed by atoms with Crippen LogP contribution in [0, 0.1) is 11.3 Å². The van der Waals surface area contributed by atoms with Crippen molar-refractivity contribution in [1.29, 1.82) is 5.26 Å². The van der Waals surface area contributed by atoms with E-state index in [1.807, 2.05) is 6.07 Å². The number of halogens is 1. The van der Waals surface area contributed by atoms with Gasteiger partial charge in [0.25, 0.3) is 0 Å². The fourth-order valence-corrected chi connectivity index (χ4v) is 1.27. The Balaban J connectivity index is 0.000000187. The molecule has 0 atom stereocenters. The van der Waals surface area contributed by atoms with Crippen LogP contribution >= 0.6 is 11.6 Å². The van der Waals surface area contributed by atoms with Crippen molar-refractivity contribution in [3.63, 3.8) is 0 Å². The maximum Gasteiger partial charge on any atom is 0.134 e. The predicted octanol–water partition coefficient (Wildman–Crippen LogP) is 2.71. The summed E-state index contributed by atoms with van der Waals surface area (Å²) in [5, 5.41) is 17.5. The quantitative estimate of drug-likeness (QED) is 0.739. The van der Waals surface area contributed by atoms with Crippen molar-refractivity contribution >= 4 is 11.6 Å². The van der Waals surface area contributed by atoms with Gasteiger partial charge in [0, 0.05) is 13.2 Å². The number of benzene rings is 1. The van der Waals surface area contributed by atoms with Crippen molar-refractivity contribution in [3.8, 4) is 11.8 Å². The van der Waals surface area contributed by atoms with Gasteiger partial charge in [-0.15, -0.1) is 0 Å². The third kappa shape index (κ3) is 4.20. The van der Waals surface area contributed by atoms with Crippen LogP contribution in [0.4, 0.5) is 0 Å². The van der Waals surface area contributed by atoms with Crippen LogP contribution in [0.2, 0.25) is 5.02 Å². The number of hydrogen-bond donors (Lipinski definition) is 1. The van der Waals surface area contributed by atoms with Crippen molar-refractivity contribution in [2.45, 2.75) is 12.8 Å². The van der Waals surface area contributed by atoms with Crippen molar-refractivity contribution in [1.82, 2.24) is 0 Å². The number of nitrogens with zero attached hydrogens (tertiary/aromatic N) is 1. The van der Waals surface area contributed by atoms with E-state index in [0.717, 1.165) is 13.2 Å². The molecule has 0 aliphatic carbocycles. The lowest BCUT2D eigenvalue weighted by Crippen LogP contribution is -1.74. The molecule has 0 radical (unpaired) electrons. The zero-order chi connectivity index (χ0) is 11.1. The SMILES string of the molecule is C1CCOC1.N#Cc1ccc(O)c(Cl)c1. The van der Waals surface area contributed by atoms with Crippen molar-refractivity contribution in [3.05, 3.63) is 28.8 Å². The summed E-state index contributed by atoms with van der Waals surface area (Å²) >= 11 is 5.49. The minimum absolute atomic E-state index is 0.000617. The van der Waals surface area contributed by atoms with E-state index in [2.05, 4.69) is 0 Å². The standard InChI is InChI=1S/C7H4ClNO.C4H8O/c8-6-3-5(4-9)1-2-7(6)10;1-2-4-5-3-1/h1-3,10H;1-4H2. The molecule has 1 N–H and O–H groups in total. The molecule has 80 valence electrons. The Kier molecular flexibility index (Phi) is 4.96. The molecule has 3 nitrogen and oxygen atoms in total. The number of aromatic hydroxyl groups is 1. The lowest BCUT2D eigenvalue weighted by atomic mass is 10.2. The number of nitriles is 1. The minimum Gasteiger partial charge on any atom is -0.506 e. The summed E-state index contributed by atoms with van der Waals surface area (Å²) in [6.45, 7) is 2.00. The average molecular weight is 226 g/mol. The van der Waals surface area contributed by atoms with Crippen LogP contribution in [0.3, 0.4) is 0 Å². The molecule has 0 bridgehead atoms. The normalized spacial score (nSPS) is 13.9. The van der Waals surface area contributed by atoms with Gasteiger partial charge in [-0.1, -0.05) is 11.6 Å². The summed E-state index contributed by atoms with van der Waals surface area (Å²) in [5.74, 6) is 0.000617. The molecule has 1 fully saturated rings. The molecule has 15 heavy (non-hydrogen) atoms. The van der Waals surface area contributed by atoms with E-state index in [1.165, 1.54) is 31.0 Å². The highest BCUT2D eigenvalue weighted by molar-refractivity contribution is 6.32. The van der Waals surface area contributed by atoms with E-state index < -0.39 is 0 Å². The smallest absolute Gasteiger partial charge is 0.134 e.